The summed E-state index contributed by atoms with van der Waals surface area (Å²) in [5.41, 5.74) is 7.20. The van der Waals surface area contributed by atoms with Crippen molar-refractivity contribution < 1.29 is 28.3 Å². The molecule has 0 aliphatic heterocycles. The van der Waals surface area contributed by atoms with Gasteiger partial charge < -0.3 is 23.2 Å². The minimum absolute atomic E-state index is 0.00675. The smallest absolute Gasteiger partial charge is 0.307 e. The zero-order valence-corrected chi connectivity index (χ0v) is 26.2. The molecule has 5 rings (SSSR count). The molecule has 0 fully saturated rings. The first-order valence-corrected chi connectivity index (χ1v) is 14.5. The first-order chi connectivity index (χ1) is 21.7. The Bertz CT molecular complexity index is 1820. The molecule has 2 heterocycles. The number of ether oxygens (including phenoxy) is 3. The van der Waals surface area contributed by atoms with Gasteiger partial charge in [-0.3, -0.25) is 14.9 Å². The fourth-order valence-corrected chi connectivity index (χ4v) is 4.94. The highest BCUT2D eigenvalue weighted by Crippen LogP contribution is 2.33. The molecule has 11 nitrogen and oxygen atoms in total. The van der Waals surface area contributed by atoms with Gasteiger partial charge in [-0.05, 0) is 108 Å². The van der Waals surface area contributed by atoms with Gasteiger partial charge in [0.05, 0.1) is 18.2 Å². The van der Waals surface area contributed by atoms with Crippen LogP contribution < -0.4 is 19.6 Å². The van der Waals surface area contributed by atoms with E-state index in [1.807, 2.05) is 24.3 Å². The van der Waals surface area contributed by atoms with E-state index < -0.39 is 10.8 Å². The largest absolute Gasteiger partial charge is 0.493 e. The molecule has 12 heteroatoms. The normalized spacial score (nSPS) is 11.0. The number of halogens is 1. The molecule has 230 valence electrons. The van der Waals surface area contributed by atoms with Crippen LogP contribution in [0.15, 0.2) is 98.9 Å². The average Bonchev–Trinajstić information content (AvgIpc) is 3.66. The molecular formula is C33H29BrN4O7. The Kier molecular flexibility index (Phi) is 9.64. The fraction of sp³-hybridized carbons (Fsp3) is 0.152. The maximum Gasteiger partial charge on any atom is 0.307 e. The van der Waals surface area contributed by atoms with Crippen LogP contribution in [0, 0.1) is 24.0 Å². The molecule has 5 aromatic rings. The van der Waals surface area contributed by atoms with Gasteiger partial charge in [-0.15, -0.1) is 0 Å². The number of aromatic nitrogens is 1. The number of aryl methyl sites for hydroxylation is 2. The van der Waals surface area contributed by atoms with Crippen LogP contribution in [0.25, 0.3) is 5.69 Å². The lowest BCUT2D eigenvalue weighted by Gasteiger charge is -2.12. The standard InChI is InChI=1S/C33H29BrN4O7/c1-21-4-5-22(2)37(21)25-10-12-27(13-11-25)43-20-28-14-15-30(45-28)33(39)36-35-18-24-16-31(42-3)32(17-29(24)34)44-19-23-6-8-26(9-7-23)38(40)41/h4-18H,19-20H2,1-3H3,(H,36,39)/b35-18+. The lowest BCUT2D eigenvalue weighted by Crippen LogP contribution is -2.16. The van der Waals surface area contributed by atoms with E-state index in [0.717, 1.165) is 22.6 Å². The second-order valence-corrected chi connectivity index (χ2v) is 10.8. The summed E-state index contributed by atoms with van der Waals surface area (Å²) in [4.78, 5) is 23.0. The third-order valence-electron chi connectivity index (χ3n) is 6.83. The van der Waals surface area contributed by atoms with Gasteiger partial charge in [0.1, 0.15) is 24.7 Å². The first-order valence-electron chi connectivity index (χ1n) is 13.8. The monoisotopic (exact) mass is 672 g/mol. The molecule has 0 bridgehead atoms. The van der Waals surface area contributed by atoms with Gasteiger partial charge in [0.25, 0.3) is 5.69 Å². The molecule has 45 heavy (non-hydrogen) atoms. The molecule has 0 radical (unpaired) electrons. The minimum Gasteiger partial charge on any atom is -0.493 e. The number of nitro groups is 1. The summed E-state index contributed by atoms with van der Waals surface area (Å²) in [5.74, 6) is 1.63. The third-order valence-corrected chi connectivity index (χ3v) is 7.51. The Balaban J connectivity index is 1.14. The number of nitro benzene ring substituents is 1. The molecule has 1 N–H and O–H groups in total. The number of nitrogens with one attached hydrogen (secondary N) is 1. The van der Waals surface area contributed by atoms with Crippen LogP contribution in [0.3, 0.4) is 0 Å². The zero-order valence-electron chi connectivity index (χ0n) is 24.7. The number of rotatable bonds is 12. The molecule has 0 unspecified atom stereocenters. The van der Waals surface area contributed by atoms with Crippen LogP contribution in [0.5, 0.6) is 17.2 Å². The van der Waals surface area contributed by atoms with Gasteiger partial charge in [-0.25, -0.2) is 5.43 Å². The molecular weight excluding hydrogens is 644 g/mol. The van der Waals surface area contributed by atoms with Crippen molar-refractivity contribution in [1.29, 1.82) is 0 Å². The number of amides is 1. The van der Waals surface area contributed by atoms with Crippen molar-refractivity contribution in [3.05, 3.63) is 134 Å². The van der Waals surface area contributed by atoms with Gasteiger partial charge in [-0.1, -0.05) is 0 Å². The third kappa shape index (κ3) is 7.60. The quantitative estimate of drug-likeness (QED) is 0.0837. The lowest BCUT2D eigenvalue weighted by atomic mass is 10.2. The van der Waals surface area contributed by atoms with Crippen molar-refractivity contribution in [1.82, 2.24) is 9.99 Å². The van der Waals surface area contributed by atoms with Crippen molar-refractivity contribution in [3.63, 3.8) is 0 Å². The summed E-state index contributed by atoms with van der Waals surface area (Å²) >= 11 is 3.49. The average molecular weight is 674 g/mol. The number of hydrazone groups is 1. The van der Waals surface area contributed by atoms with Crippen molar-refractivity contribution in [3.8, 4) is 22.9 Å². The number of nitrogens with zero attached hydrogens (tertiary/aromatic N) is 3. The Hall–Kier alpha value is -5.36. The number of non-ortho nitro benzene ring substituents is 1. The highest BCUT2D eigenvalue weighted by atomic mass is 79.9. The van der Waals surface area contributed by atoms with Crippen molar-refractivity contribution in [2.24, 2.45) is 5.10 Å². The van der Waals surface area contributed by atoms with Gasteiger partial charge in [0.2, 0.25) is 0 Å². The summed E-state index contributed by atoms with van der Waals surface area (Å²) < 4.78 is 25.6. The number of carbonyl (C=O) groups is 1. The molecule has 0 atom stereocenters. The predicted molar refractivity (Wildman–Crippen MR) is 171 cm³/mol. The van der Waals surface area contributed by atoms with Crippen molar-refractivity contribution in [2.45, 2.75) is 27.1 Å². The van der Waals surface area contributed by atoms with Crippen LogP contribution in [-0.2, 0) is 13.2 Å². The van der Waals surface area contributed by atoms with E-state index in [2.05, 4.69) is 57.0 Å². The van der Waals surface area contributed by atoms with Gasteiger partial charge in [-0.2, -0.15) is 5.10 Å². The maximum absolute atomic E-state index is 12.6. The highest BCUT2D eigenvalue weighted by molar-refractivity contribution is 9.10. The lowest BCUT2D eigenvalue weighted by molar-refractivity contribution is -0.384. The summed E-state index contributed by atoms with van der Waals surface area (Å²) in [6.45, 7) is 4.46. The van der Waals surface area contributed by atoms with E-state index in [0.29, 0.717) is 33.0 Å². The zero-order chi connectivity index (χ0) is 31.9. The Morgan fingerprint density at radius 2 is 1.67 bits per heavy atom. The van der Waals surface area contributed by atoms with Gasteiger partial charge in [0, 0.05) is 39.2 Å². The summed E-state index contributed by atoms with van der Waals surface area (Å²) in [6, 6.07) is 24.7. The van der Waals surface area contributed by atoms with E-state index in [1.54, 1.807) is 36.4 Å². The molecule has 0 saturated heterocycles. The number of furan rings is 1. The Morgan fingerprint density at radius 1 is 0.956 bits per heavy atom. The SMILES string of the molecule is COc1cc(/C=N/NC(=O)c2ccc(COc3ccc(-n4c(C)ccc4C)cc3)o2)c(Br)cc1OCc1ccc([N+](=O)[O-])cc1. The van der Waals surface area contributed by atoms with E-state index in [-0.39, 0.29) is 24.7 Å². The van der Waals surface area contributed by atoms with Crippen LogP contribution in [-0.4, -0.2) is 28.7 Å². The number of carbonyl (C=O) groups excluding carboxylic acids is 1. The molecule has 3 aromatic carbocycles. The van der Waals surface area contributed by atoms with Crippen LogP contribution in [0.2, 0.25) is 0 Å². The van der Waals surface area contributed by atoms with E-state index >= 15 is 0 Å². The topological polar surface area (TPSA) is 130 Å². The fourth-order valence-electron chi connectivity index (χ4n) is 4.51. The summed E-state index contributed by atoms with van der Waals surface area (Å²) in [7, 11) is 1.50. The number of hydrogen-bond acceptors (Lipinski definition) is 8. The van der Waals surface area contributed by atoms with Gasteiger partial charge >= 0.3 is 5.91 Å². The Morgan fingerprint density at radius 3 is 2.33 bits per heavy atom. The minimum atomic E-state index is -0.523. The molecule has 0 aliphatic carbocycles. The molecule has 0 spiro atoms. The maximum atomic E-state index is 12.6. The predicted octanol–water partition coefficient (Wildman–Crippen LogP) is 7.29. The molecule has 2 aromatic heterocycles. The first kappa shape index (κ1) is 31.1. The number of methoxy groups -OCH3 is 1. The molecule has 0 aliphatic rings. The van der Waals surface area contributed by atoms with Crippen molar-refractivity contribution in [2.75, 3.05) is 7.11 Å². The van der Waals surface area contributed by atoms with Gasteiger partial charge in [0.15, 0.2) is 17.3 Å². The van der Waals surface area contributed by atoms with Crippen LogP contribution >= 0.6 is 15.9 Å². The van der Waals surface area contributed by atoms with E-state index in [4.69, 9.17) is 18.6 Å². The molecule has 0 saturated carbocycles. The van der Waals surface area contributed by atoms with Crippen LogP contribution in [0.4, 0.5) is 5.69 Å². The molecule has 1 amide bonds. The van der Waals surface area contributed by atoms with E-state index in [1.165, 1.54) is 25.5 Å². The second kappa shape index (κ2) is 14.0. The van der Waals surface area contributed by atoms with Crippen LogP contribution in [0.1, 0.15) is 38.8 Å². The van der Waals surface area contributed by atoms with Crippen molar-refractivity contribution >= 4 is 33.7 Å². The Labute approximate surface area is 267 Å². The highest BCUT2D eigenvalue weighted by Gasteiger charge is 2.13. The summed E-state index contributed by atoms with van der Waals surface area (Å²) in [5, 5.41) is 14.9. The summed E-state index contributed by atoms with van der Waals surface area (Å²) in [6.07, 6.45) is 1.46. The number of benzene rings is 3. The second-order valence-electron chi connectivity index (χ2n) is 9.94. The van der Waals surface area contributed by atoms with E-state index in [9.17, 15) is 14.9 Å². The number of hydrogen-bond donors (Lipinski definition) is 1.